The van der Waals surface area contributed by atoms with Gasteiger partial charge in [0, 0.05) is 28.4 Å². The van der Waals surface area contributed by atoms with Gasteiger partial charge in [0.2, 0.25) is 0 Å². The number of benzene rings is 2. The zero-order chi connectivity index (χ0) is 15.0. The van der Waals surface area contributed by atoms with Crippen LogP contribution in [0.25, 0.3) is 10.9 Å². The molecule has 3 heteroatoms. The van der Waals surface area contributed by atoms with Gasteiger partial charge in [0.1, 0.15) is 0 Å². The van der Waals surface area contributed by atoms with Crippen LogP contribution in [0, 0.1) is 20.8 Å². The Bertz CT molecular complexity index is 807. The molecule has 0 radical (unpaired) electrons. The zero-order valence-electron chi connectivity index (χ0n) is 12.4. The molecular formula is C18H18N2O. The first-order valence-corrected chi connectivity index (χ1v) is 7.01. The summed E-state index contributed by atoms with van der Waals surface area (Å²) in [5, 5.41) is 3.99. The normalized spacial score (nSPS) is 10.8. The van der Waals surface area contributed by atoms with E-state index in [2.05, 4.69) is 29.4 Å². The van der Waals surface area contributed by atoms with E-state index in [0.717, 1.165) is 27.7 Å². The fraction of sp³-hybridized carbons (Fsp3) is 0.167. The van der Waals surface area contributed by atoms with Crippen LogP contribution in [-0.4, -0.2) is 10.9 Å². The lowest BCUT2D eigenvalue weighted by molar-refractivity contribution is 0.102. The van der Waals surface area contributed by atoms with Crippen molar-refractivity contribution in [3.05, 3.63) is 64.8 Å². The molecule has 0 unspecified atom stereocenters. The van der Waals surface area contributed by atoms with Crippen molar-refractivity contribution in [2.45, 2.75) is 20.8 Å². The summed E-state index contributed by atoms with van der Waals surface area (Å²) in [7, 11) is 0. The summed E-state index contributed by atoms with van der Waals surface area (Å²) >= 11 is 0. The number of carbonyl (C=O) groups is 1. The molecule has 1 aromatic heterocycles. The largest absolute Gasteiger partial charge is 0.361 e. The van der Waals surface area contributed by atoms with Crippen LogP contribution in [0.2, 0.25) is 0 Å². The topological polar surface area (TPSA) is 44.9 Å². The van der Waals surface area contributed by atoms with E-state index in [-0.39, 0.29) is 5.91 Å². The van der Waals surface area contributed by atoms with Gasteiger partial charge in [0.25, 0.3) is 5.91 Å². The molecule has 106 valence electrons. The van der Waals surface area contributed by atoms with Crippen molar-refractivity contribution in [3.63, 3.8) is 0 Å². The number of hydrogen-bond donors (Lipinski definition) is 2. The third kappa shape index (κ3) is 2.42. The SMILES string of the molecule is Cc1cc(C)c(NC(=O)c2cccc3[nH]ccc23)c(C)c1. The molecule has 2 aromatic carbocycles. The number of rotatable bonds is 2. The van der Waals surface area contributed by atoms with Crippen LogP contribution < -0.4 is 5.32 Å². The number of carbonyl (C=O) groups excluding carboxylic acids is 1. The minimum Gasteiger partial charge on any atom is -0.361 e. The van der Waals surface area contributed by atoms with Gasteiger partial charge in [0.15, 0.2) is 0 Å². The predicted octanol–water partition coefficient (Wildman–Crippen LogP) is 4.35. The standard InChI is InChI=1S/C18H18N2O/c1-11-9-12(2)17(13(3)10-11)20-18(21)15-5-4-6-16-14(15)7-8-19-16/h4-10,19H,1-3H3,(H,20,21). The first-order chi connectivity index (χ1) is 10.1. The van der Waals surface area contributed by atoms with Gasteiger partial charge in [-0.3, -0.25) is 4.79 Å². The lowest BCUT2D eigenvalue weighted by Crippen LogP contribution is -2.14. The molecule has 0 spiro atoms. The molecule has 0 saturated heterocycles. The number of nitrogens with one attached hydrogen (secondary N) is 2. The summed E-state index contributed by atoms with van der Waals surface area (Å²) in [4.78, 5) is 15.7. The van der Waals surface area contributed by atoms with Crippen LogP contribution >= 0.6 is 0 Å². The molecule has 0 saturated carbocycles. The minimum atomic E-state index is -0.0738. The Morgan fingerprint density at radius 3 is 2.48 bits per heavy atom. The molecule has 0 aliphatic heterocycles. The molecule has 2 N–H and O–H groups in total. The fourth-order valence-corrected chi connectivity index (χ4v) is 2.84. The number of H-pyrrole nitrogens is 1. The van der Waals surface area contributed by atoms with Crippen LogP contribution in [0.5, 0.6) is 0 Å². The molecule has 1 amide bonds. The summed E-state index contributed by atoms with van der Waals surface area (Å²) in [6.45, 7) is 6.10. The maximum Gasteiger partial charge on any atom is 0.256 e. The summed E-state index contributed by atoms with van der Waals surface area (Å²) < 4.78 is 0. The Kier molecular flexibility index (Phi) is 3.26. The van der Waals surface area contributed by atoms with E-state index >= 15 is 0 Å². The van der Waals surface area contributed by atoms with Crippen LogP contribution in [0.1, 0.15) is 27.0 Å². The Morgan fingerprint density at radius 2 is 1.76 bits per heavy atom. The van der Waals surface area contributed by atoms with Crippen molar-refractivity contribution in [3.8, 4) is 0 Å². The second-order valence-electron chi connectivity index (χ2n) is 5.47. The average molecular weight is 278 g/mol. The van der Waals surface area contributed by atoms with Gasteiger partial charge in [-0.15, -0.1) is 0 Å². The third-order valence-corrected chi connectivity index (χ3v) is 3.76. The Labute approximate surface area is 124 Å². The van der Waals surface area contributed by atoms with Crippen LogP contribution in [0.3, 0.4) is 0 Å². The number of amides is 1. The lowest BCUT2D eigenvalue weighted by Gasteiger charge is -2.13. The van der Waals surface area contributed by atoms with Crippen molar-refractivity contribution >= 4 is 22.5 Å². The highest BCUT2D eigenvalue weighted by Gasteiger charge is 2.13. The summed E-state index contributed by atoms with van der Waals surface area (Å²) in [5.74, 6) is -0.0738. The highest BCUT2D eigenvalue weighted by Crippen LogP contribution is 2.24. The van der Waals surface area contributed by atoms with Crippen molar-refractivity contribution in [2.24, 2.45) is 0 Å². The monoisotopic (exact) mass is 278 g/mol. The summed E-state index contributed by atoms with van der Waals surface area (Å²) in [6, 6.07) is 11.8. The number of fused-ring (bicyclic) bond motifs is 1. The predicted molar refractivity (Wildman–Crippen MR) is 86.9 cm³/mol. The van der Waals surface area contributed by atoms with E-state index in [9.17, 15) is 4.79 Å². The summed E-state index contributed by atoms with van der Waals surface area (Å²) in [6.07, 6.45) is 1.85. The number of hydrogen-bond acceptors (Lipinski definition) is 1. The molecular weight excluding hydrogens is 260 g/mol. The van der Waals surface area contributed by atoms with E-state index in [1.54, 1.807) is 0 Å². The van der Waals surface area contributed by atoms with E-state index in [4.69, 9.17) is 0 Å². The van der Waals surface area contributed by atoms with Crippen LogP contribution in [0.4, 0.5) is 5.69 Å². The Hall–Kier alpha value is -2.55. The second-order valence-corrected chi connectivity index (χ2v) is 5.47. The third-order valence-electron chi connectivity index (χ3n) is 3.76. The maximum absolute atomic E-state index is 12.6. The molecule has 3 nitrogen and oxygen atoms in total. The Balaban J connectivity index is 1.99. The molecule has 3 rings (SSSR count). The van der Waals surface area contributed by atoms with E-state index in [0.29, 0.717) is 5.56 Å². The Morgan fingerprint density at radius 1 is 1.05 bits per heavy atom. The first-order valence-electron chi connectivity index (χ1n) is 7.01. The molecule has 0 aliphatic carbocycles. The van der Waals surface area contributed by atoms with Gasteiger partial charge in [-0.1, -0.05) is 23.8 Å². The van der Waals surface area contributed by atoms with Crippen LogP contribution in [-0.2, 0) is 0 Å². The number of aryl methyl sites for hydroxylation is 3. The van der Waals surface area contributed by atoms with E-state index in [1.165, 1.54) is 5.56 Å². The van der Waals surface area contributed by atoms with Gasteiger partial charge in [-0.05, 0) is 50.1 Å². The quantitative estimate of drug-likeness (QED) is 0.719. The van der Waals surface area contributed by atoms with Crippen molar-refractivity contribution in [2.75, 3.05) is 5.32 Å². The van der Waals surface area contributed by atoms with Gasteiger partial charge in [0.05, 0.1) is 0 Å². The second kappa shape index (κ2) is 5.09. The zero-order valence-corrected chi connectivity index (χ0v) is 12.4. The molecule has 0 fully saturated rings. The van der Waals surface area contributed by atoms with E-state index < -0.39 is 0 Å². The molecule has 1 heterocycles. The van der Waals surface area contributed by atoms with Gasteiger partial charge >= 0.3 is 0 Å². The van der Waals surface area contributed by atoms with Crippen molar-refractivity contribution in [1.82, 2.24) is 4.98 Å². The molecule has 21 heavy (non-hydrogen) atoms. The number of anilines is 1. The average Bonchev–Trinajstić information content (AvgIpc) is 2.90. The summed E-state index contributed by atoms with van der Waals surface area (Å²) in [5.41, 5.74) is 5.94. The molecule has 3 aromatic rings. The maximum atomic E-state index is 12.6. The molecule has 0 bridgehead atoms. The fourth-order valence-electron chi connectivity index (χ4n) is 2.84. The van der Waals surface area contributed by atoms with Gasteiger partial charge in [-0.25, -0.2) is 0 Å². The smallest absolute Gasteiger partial charge is 0.256 e. The van der Waals surface area contributed by atoms with Crippen LogP contribution in [0.15, 0.2) is 42.6 Å². The van der Waals surface area contributed by atoms with E-state index in [1.807, 2.05) is 44.3 Å². The first kappa shape index (κ1) is 13.4. The van der Waals surface area contributed by atoms with Gasteiger partial charge in [-0.2, -0.15) is 0 Å². The van der Waals surface area contributed by atoms with Gasteiger partial charge < -0.3 is 10.3 Å². The number of aromatic amines is 1. The van der Waals surface area contributed by atoms with Crippen molar-refractivity contribution < 1.29 is 4.79 Å². The molecule has 0 aliphatic rings. The highest BCUT2D eigenvalue weighted by atomic mass is 16.1. The number of aromatic nitrogens is 1. The van der Waals surface area contributed by atoms with Crippen molar-refractivity contribution in [1.29, 1.82) is 0 Å². The lowest BCUT2D eigenvalue weighted by atomic mass is 10.0. The molecule has 0 atom stereocenters. The minimum absolute atomic E-state index is 0.0738. The highest BCUT2D eigenvalue weighted by molar-refractivity contribution is 6.13.